The Kier molecular flexibility index (Phi) is 5.00. The van der Waals surface area contributed by atoms with Crippen molar-refractivity contribution >= 4 is 23.0 Å². The van der Waals surface area contributed by atoms with E-state index in [1.807, 2.05) is 66.7 Å². The molecule has 5 N–H and O–H groups in total. The summed E-state index contributed by atoms with van der Waals surface area (Å²) in [5.74, 6) is -0.160. The molecule has 5 nitrogen and oxygen atoms in total. The normalized spacial score (nSPS) is 16.2. The number of nitrogens with one attached hydrogen (secondary N) is 1. The van der Waals surface area contributed by atoms with Crippen LogP contribution in [0.2, 0.25) is 0 Å². The molecule has 1 unspecified atom stereocenters. The summed E-state index contributed by atoms with van der Waals surface area (Å²) in [6.07, 6.45) is 1.000. The van der Waals surface area contributed by atoms with Crippen LogP contribution in [0, 0.1) is 0 Å². The zero-order valence-electron chi connectivity index (χ0n) is 15.6. The summed E-state index contributed by atoms with van der Waals surface area (Å²) in [4.78, 5) is 15.1. The van der Waals surface area contributed by atoms with Gasteiger partial charge in [0.25, 0.3) is 5.91 Å². The third-order valence-corrected chi connectivity index (χ3v) is 5.10. The van der Waals surface area contributed by atoms with Crippen LogP contribution in [0.15, 0.2) is 72.8 Å². The highest BCUT2D eigenvalue weighted by Crippen LogP contribution is 2.30. The highest BCUT2D eigenvalue weighted by Gasteiger charge is 2.19. The Labute approximate surface area is 165 Å². The van der Waals surface area contributed by atoms with E-state index in [0.717, 1.165) is 36.3 Å². The molecule has 0 bridgehead atoms. The molecule has 0 radical (unpaired) electrons. The number of nitrogens with zero attached hydrogens (tertiary/aromatic N) is 1. The zero-order valence-corrected chi connectivity index (χ0v) is 15.6. The Morgan fingerprint density at radius 2 is 1.75 bits per heavy atom. The van der Waals surface area contributed by atoms with Crippen molar-refractivity contribution in [2.45, 2.75) is 12.5 Å². The first-order valence-electron chi connectivity index (χ1n) is 9.47. The first kappa shape index (κ1) is 18.1. The van der Waals surface area contributed by atoms with Gasteiger partial charge in [0.2, 0.25) is 0 Å². The predicted molar refractivity (Wildman–Crippen MR) is 115 cm³/mol. The molecule has 1 amide bonds. The molecule has 142 valence electrons. The number of benzene rings is 3. The number of hydrogen-bond donors (Lipinski definition) is 3. The first-order chi connectivity index (χ1) is 13.6. The van der Waals surface area contributed by atoms with Gasteiger partial charge < -0.3 is 21.7 Å². The Morgan fingerprint density at radius 1 is 1.00 bits per heavy atom. The van der Waals surface area contributed by atoms with Gasteiger partial charge in [0.1, 0.15) is 0 Å². The van der Waals surface area contributed by atoms with Crippen LogP contribution in [0.3, 0.4) is 0 Å². The SMILES string of the molecule is Nc1ccc(-c2ccccc2)c(NC(=O)c2ccc(N3CCC(N)C3)cc2)c1. The van der Waals surface area contributed by atoms with Gasteiger partial charge in [-0.15, -0.1) is 0 Å². The molecule has 1 fully saturated rings. The van der Waals surface area contributed by atoms with E-state index >= 15 is 0 Å². The van der Waals surface area contributed by atoms with Gasteiger partial charge in [0, 0.05) is 41.6 Å². The van der Waals surface area contributed by atoms with Gasteiger partial charge in [-0.3, -0.25) is 4.79 Å². The summed E-state index contributed by atoms with van der Waals surface area (Å²) in [6.45, 7) is 1.81. The Bertz CT molecular complexity index is 970. The van der Waals surface area contributed by atoms with Crippen LogP contribution in [0.1, 0.15) is 16.8 Å². The largest absolute Gasteiger partial charge is 0.399 e. The number of rotatable bonds is 4. The molecule has 4 rings (SSSR count). The van der Waals surface area contributed by atoms with E-state index in [9.17, 15) is 4.79 Å². The van der Waals surface area contributed by atoms with Crippen molar-refractivity contribution in [3.8, 4) is 11.1 Å². The van der Waals surface area contributed by atoms with Crippen LogP contribution in [0.5, 0.6) is 0 Å². The van der Waals surface area contributed by atoms with E-state index in [1.54, 1.807) is 6.07 Å². The lowest BCUT2D eigenvalue weighted by Crippen LogP contribution is -2.26. The lowest BCUT2D eigenvalue weighted by molar-refractivity contribution is 0.102. The van der Waals surface area contributed by atoms with E-state index in [2.05, 4.69) is 10.2 Å². The van der Waals surface area contributed by atoms with E-state index < -0.39 is 0 Å². The summed E-state index contributed by atoms with van der Waals surface area (Å²) in [6, 6.07) is 23.4. The van der Waals surface area contributed by atoms with E-state index in [4.69, 9.17) is 11.5 Å². The maximum Gasteiger partial charge on any atom is 0.255 e. The molecular formula is C23H24N4O. The van der Waals surface area contributed by atoms with Crippen molar-refractivity contribution in [2.24, 2.45) is 5.73 Å². The number of anilines is 3. The quantitative estimate of drug-likeness (QED) is 0.609. The smallest absolute Gasteiger partial charge is 0.255 e. The highest BCUT2D eigenvalue weighted by atomic mass is 16.1. The first-order valence-corrected chi connectivity index (χ1v) is 9.47. The minimum atomic E-state index is -0.160. The third-order valence-electron chi connectivity index (χ3n) is 5.10. The van der Waals surface area contributed by atoms with Gasteiger partial charge in [0.15, 0.2) is 0 Å². The van der Waals surface area contributed by atoms with Crippen molar-refractivity contribution < 1.29 is 4.79 Å². The van der Waals surface area contributed by atoms with Crippen LogP contribution in [-0.4, -0.2) is 25.0 Å². The average Bonchev–Trinajstić information content (AvgIpc) is 3.15. The molecule has 28 heavy (non-hydrogen) atoms. The van der Waals surface area contributed by atoms with Crippen LogP contribution in [0.25, 0.3) is 11.1 Å². The molecule has 3 aromatic rings. The maximum atomic E-state index is 12.8. The second kappa shape index (κ2) is 7.74. The van der Waals surface area contributed by atoms with Crippen molar-refractivity contribution in [3.63, 3.8) is 0 Å². The maximum absolute atomic E-state index is 12.8. The predicted octanol–water partition coefficient (Wildman–Crippen LogP) is 3.73. The van der Waals surface area contributed by atoms with E-state index in [-0.39, 0.29) is 11.9 Å². The number of nitrogen functional groups attached to an aromatic ring is 1. The van der Waals surface area contributed by atoms with Crippen molar-refractivity contribution in [2.75, 3.05) is 29.0 Å². The number of amides is 1. The number of carbonyl (C=O) groups excluding carboxylic acids is 1. The van der Waals surface area contributed by atoms with Crippen LogP contribution in [-0.2, 0) is 0 Å². The number of nitrogens with two attached hydrogens (primary N) is 2. The van der Waals surface area contributed by atoms with Crippen molar-refractivity contribution in [1.82, 2.24) is 0 Å². The van der Waals surface area contributed by atoms with Gasteiger partial charge in [-0.2, -0.15) is 0 Å². The Balaban J connectivity index is 1.55. The molecule has 1 aliphatic heterocycles. The van der Waals surface area contributed by atoms with E-state index in [1.165, 1.54) is 0 Å². The molecule has 1 saturated heterocycles. The Morgan fingerprint density at radius 3 is 2.43 bits per heavy atom. The van der Waals surface area contributed by atoms with Gasteiger partial charge in [-0.1, -0.05) is 36.4 Å². The fourth-order valence-corrected chi connectivity index (χ4v) is 3.57. The van der Waals surface area contributed by atoms with Crippen molar-refractivity contribution in [3.05, 3.63) is 78.4 Å². The summed E-state index contributed by atoms with van der Waals surface area (Å²) >= 11 is 0. The molecule has 0 spiro atoms. The van der Waals surface area contributed by atoms with E-state index in [0.29, 0.717) is 16.9 Å². The average molecular weight is 372 g/mol. The van der Waals surface area contributed by atoms with Gasteiger partial charge in [-0.05, 0) is 48.4 Å². The molecule has 1 aliphatic rings. The number of hydrogen-bond acceptors (Lipinski definition) is 4. The molecule has 3 aromatic carbocycles. The summed E-state index contributed by atoms with van der Waals surface area (Å²) in [7, 11) is 0. The second-order valence-corrected chi connectivity index (χ2v) is 7.17. The molecule has 1 heterocycles. The molecular weight excluding hydrogens is 348 g/mol. The second-order valence-electron chi connectivity index (χ2n) is 7.17. The highest BCUT2D eigenvalue weighted by molar-refractivity contribution is 6.06. The van der Waals surface area contributed by atoms with Gasteiger partial charge in [-0.25, -0.2) is 0 Å². The van der Waals surface area contributed by atoms with Crippen LogP contribution < -0.4 is 21.7 Å². The Hall–Kier alpha value is -3.31. The van der Waals surface area contributed by atoms with Crippen LogP contribution in [0.4, 0.5) is 17.1 Å². The monoisotopic (exact) mass is 372 g/mol. The minimum Gasteiger partial charge on any atom is -0.399 e. The van der Waals surface area contributed by atoms with Crippen LogP contribution >= 0.6 is 0 Å². The van der Waals surface area contributed by atoms with Gasteiger partial charge >= 0.3 is 0 Å². The fourth-order valence-electron chi connectivity index (χ4n) is 3.57. The molecule has 1 atom stereocenters. The molecule has 0 aliphatic carbocycles. The number of carbonyl (C=O) groups is 1. The lowest BCUT2D eigenvalue weighted by Gasteiger charge is -2.18. The topological polar surface area (TPSA) is 84.4 Å². The zero-order chi connectivity index (χ0) is 19.5. The lowest BCUT2D eigenvalue weighted by atomic mass is 10.0. The standard InChI is InChI=1S/C23H24N4O/c24-18-8-11-21(16-4-2-1-3-5-16)22(14-18)26-23(28)17-6-9-20(10-7-17)27-13-12-19(25)15-27/h1-11,14,19H,12-13,15,24-25H2,(H,26,28). The summed E-state index contributed by atoms with van der Waals surface area (Å²) < 4.78 is 0. The third kappa shape index (κ3) is 3.85. The fraction of sp³-hybridized carbons (Fsp3) is 0.174. The summed E-state index contributed by atoms with van der Waals surface area (Å²) in [5.41, 5.74) is 16.9. The van der Waals surface area contributed by atoms with Crippen molar-refractivity contribution in [1.29, 1.82) is 0 Å². The van der Waals surface area contributed by atoms with Gasteiger partial charge in [0.05, 0.1) is 5.69 Å². The molecule has 0 aromatic heterocycles. The molecule has 5 heteroatoms. The summed E-state index contributed by atoms with van der Waals surface area (Å²) in [5, 5.41) is 3.01. The minimum absolute atomic E-state index is 0.160. The molecule has 0 saturated carbocycles.